The van der Waals surface area contributed by atoms with Crippen LogP contribution in [0.1, 0.15) is 21.5 Å². The van der Waals surface area contributed by atoms with Crippen LogP contribution in [0.4, 0.5) is 5.69 Å². The molecule has 0 saturated heterocycles. The van der Waals surface area contributed by atoms with Crippen molar-refractivity contribution in [2.45, 2.75) is 13.5 Å². The third-order valence-electron chi connectivity index (χ3n) is 2.83. The molecule has 0 saturated carbocycles. The van der Waals surface area contributed by atoms with Crippen LogP contribution in [0.5, 0.6) is 0 Å². The van der Waals surface area contributed by atoms with Gasteiger partial charge in [-0.2, -0.15) is 0 Å². The number of nitrogens with one attached hydrogen (secondary N) is 1. The van der Waals surface area contributed by atoms with Crippen LogP contribution in [0.15, 0.2) is 46.9 Å². The normalized spacial score (nSPS) is 10.2. The van der Waals surface area contributed by atoms with Crippen molar-refractivity contribution in [3.63, 3.8) is 0 Å². The summed E-state index contributed by atoms with van der Waals surface area (Å²) >= 11 is 3.33. The number of carbonyl (C=O) groups is 1. The molecule has 3 N–H and O–H groups in total. The minimum Gasteiger partial charge on any atom is -0.398 e. The zero-order valence-electron chi connectivity index (χ0n) is 10.6. The van der Waals surface area contributed by atoms with Crippen LogP contribution in [0, 0.1) is 6.92 Å². The fourth-order valence-corrected chi connectivity index (χ4v) is 2.07. The highest BCUT2D eigenvalue weighted by atomic mass is 79.9. The Bertz CT molecular complexity index is 594. The fraction of sp³-hybridized carbons (Fsp3) is 0.133. The topological polar surface area (TPSA) is 55.1 Å². The molecule has 0 unspecified atom stereocenters. The SMILES string of the molecule is Cc1ccc(CNC(=O)c2cc(Br)ccc2N)cc1. The van der Waals surface area contributed by atoms with Gasteiger partial charge in [0.05, 0.1) is 5.56 Å². The standard InChI is InChI=1S/C15H15BrN2O/c1-10-2-4-11(5-3-10)9-18-15(19)13-8-12(16)6-7-14(13)17/h2-8H,9,17H2,1H3,(H,18,19). The summed E-state index contributed by atoms with van der Waals surface area (Å²) in [6.45, 7) is 2.52. The van der Waals surface area contributed by atoms with Gasteiger partial charge in [0.1, 0.15) is 0 Å². The Hall–Kier alpha value is -1.81. The van der Waals surface area contributed by atoms with E-state index in [-0.39, 0.29) is 5.91 Å². The first kappa shape index (κ1) is 13.6. The summed E-state index contributed by atoms with van der Waals surface area (Å²) < 4.78 is 0.835. The number of halogens is 1. The number of hydrogen-bond acceptors (Lipinski definition) is 2. The lowest BCUT2D eigenvalue weighted by molar-refractivity contribution is 0.0951. The zero-order valence-corrected chi connectivity index (χ0v) is 12.2. The Morgan fingerprint density at radius 3 is 2.58 bits per heavy atom. The van der Waals surface area contributed by atoms with Crippen LogP contribution in [0.2, 0.25) is 0 Å². The summed E-state index contributed by atoms with van der Waals surface area (Å²) in [5, 5.41) is 2.86. The molecule has 0 aliphatic heterocycles. The number of anilines is 1. The van der Waals surface area contributed by atoms with Gasteiger partial charge in [0, 0.05) is 16.7 Å². The number of benzene rings is 2. The molecule has 0 aromatic heterocycles. The first-order valence-corrected chi connectivity index (χ1v) is 6.74. The molecule has 0 heterocycles. The van der Waals surface area contributed by atoms with Crippen molar-refractivity contribution < 1.29 is 4.79 Å². The van der Waals surface area contributed by atoms with E-state index in [1.54, 1.807) is 12.1 Å². The van der Waals surface area contributed by atoms with Crippen molar-refractivity contribution in [1.29, 1.82) is 0 Å². The number of nitrogens with two attached hydrogens (primary N) is 1. The molecule has 2 rings (SSSR count). The predicted octanol–water partition coefficient (Wildman–Crippen LogP) is 3.27. The fourth-order valence-electron chi connectivity index (χ4n) is 1.71. The van der Waals surface area contributed by atoms with Gasteiger partial charge in [0.25, 0.3) is 5.91 Å². The maximum atomic E-state index is 12.0. The largest absolute Gasteiger partial charge is 0.398 e. The maximum Gasteiger partial charge on any atom is 0.253 e. The Balaban J connectivity index is 2.05. The van der Waals surface area contributed by atoms with E-state index in [0.29, 0.717) is 17.8 Å². The predicted molar refractivity (Wildman–Crippen MR) is 80.9 cm³/mol. The van der Waals surface area contributed by atoms with Crippen LogP contribution in [0.25, 0.3) is 0 Å². The van der Waals surface area contributed by atoms with Crippen LogP contribution < -0.4 is 11.1 Å². The van der Waals surface area contributed by atoms with E-state index in [2.05, 4.69) is 21.2 Å². The van der Waals surface area contributed by atoms with Crippen LogP contribution >= 0.6 is 15.9 Å². The average molecular weight is 319 g/mol. The van der Waals surface area contributed by atoms with Gasteiger partial charge in [-0.05, 0) is 30.7 Å². The summed E-state index contributed by atoms with van der Waals surface area (Å²) in [6.07, 6.45) is 0. The van der Waals surface area contributed by atoms with Crippen LogP contribution in [-0.4, -0.2) is 5.91 Å². The Morgan fingerprint density at radius 2 is 1.89 bits per heavy atom. The number of nitrogen functional groups attached to an aromatic ring is 1. The Morgan fingerprint density at radius 1 is 1.21 bits per heavy atom. The minimum absolute atomic E-state index is 0.167. The van der Waals surface area contributed by atoms with Gasteiger partial charge in [-0.3, -0.25) is 4.79 Å². The third-order valence-corrected chi connectivity index (χ3v) is 3.33. The number of hydrogen-bond donors (Lipinski definition) is 2. The second-order valence-electron chi connectivity index (χ2n) is 4.40. The minimum atomic E-state index is -0.167. The quantitative estimate of drug-likeness (QED) is 0.853. The van der Waals surface area contributed by atoms with Crippen molar-refractivity contribution in [3.05, 3.63) is 63.6 Å². The van der Waals surface area contributed by atoms with Gasteiger partial charge in [-0.15, -0.1) is 0 Å². The lowest BCUT2D eigenvalue weighted by Crippen LogP contribution is -2.23. The molecular formula is C15H15BrN2O. The lowest BCUT2D eigenvalue weighted by atomic mass is 10.1. The molecule has 3 nitrogen and oxygen atoms in total. The monoisotopic (exact) mass is 318 g/mol. The number of amides is 1. The van der Waals surface area contributed by atoms with Crippen molar-refractivity contribution >= 4 is 27.5 Å². The molecular weight excluding hydrogens is 304 g/mol. The van der Waals surface area contributed by atoms with Crippen LogP contribution in [0.3, 0.4) is 0 Å². The molecule has 19 heavy (non-hydrogen) atoms. The maximum absolute atomic E-state index is 12.0. The van der Waals surface area contributed by atoms with E-state index in [4.69, 9.17) is 5.73 Å². The van der Waals surface area contributed by atoms with Crippen molar-refractivity contribution in [1.82, 2.24) is 5.32 Å². The van der Waals surface area contributed by atoms with Crippen LogP contribution in [-0.2, 0) is 6.54 Å². The van der Waals surface area contributed by atoms with Gasteiger partial charge < -0.3 is 11.1 Å². The summed E-state index contributed by atoms with van der Waals surface area (Å²) in [6, 6.07) is 13.3. The van der Waals surface area contributed by atoms with Gasteiger partial charge in [0.2, 0.25) is 0 Å². The van der Waals surface area contributed by atoms with E-state index in [0.717, 1.165) is 10.0 Å². The average Bonchev–Trinajstić information content (AvgIpc) is 2.40. The summed E-state index contributed by atoms with van der Waals surface area (Å²) in [4.78, 5) is 12.0. The highest BCUT2D eigenvalue weighted by Crippen LogP contribution is 2.18. The number of rotatable bonds is 3. The smallest absolute Gasteiger partial charge is 0.253 e. The summed E-state index contributed by atoms with van der Waals surface area (Å²) in [7, 11) is 0. The van der Waals surface area contributed by atoms with Crippen molar-refractivity contribution in [2.24, 2.45) is 0 Å². The molecule has 0 fully saturated rings. The summed E-state index contributed by atoms with van der Waals surface area (Å²) in [5.74, 6) is -0.167. The number of carbonyl (C=O) groups excluding carboxylic acids is 1. The van der Waals surface area contributed by atoms with E-state index in [9.17, 15) is 4.79 Å². The lowest BCUT2D eigenvalue weighted by Gasteiger charge is -2.08. The second-order valence-corrected chi connectivity index (χ2v) is 5.32. The van der Waals surface area contributed by atoms with Crippen molar-refractivity contribution in [2.75, 3.05) is 5.73 Å². The molecule has 2 aromatic carbocycles. The molecule has 0 bridgehead atoms. The molecule has 0 aliphatic rings. The Labute approximate surface area is 121 Å². The third kappa shape index (κ3) is 3.58. The van der Waals surface area contributed by atoms with E-state index in [1.165, 1.54) is 5.56 Å². The molecule has 2 aromatic rings. The molecule has 0 radical (unpaired) electrons. The Kier molecular flexibility index (Phi) is 4.22. The molecule has 0 atom stereocenters. The molecule has 0 aliphatic carbocycles. The van der Waals surface area contributed by atoms with E-state index < -0.39 is 0 Å². The van der Waals surface area contributed by atoms with Gasteiger partial charge >= 0.3 is 0 Å². The first-order chi connectivity index (χ1) is 9.06. The van der Waals surface area contributed by atoms with Gasteiger partial charge in [0.15, 0.2) is 0 Å². The zero-order chi connectivity index (χ0) is 13.8. The van der Waals surface area contributed by atoms with E-state index >= 15 is 0 Å². The second kappa shape index (κ2) is 5.89. The highest BCUT2D eigenvalue weighted by molar-refractivity contribution is 9.10. The highest BCUT2D eigenvalue weighted by Gasteiger charge is 2.09. The molecule has 1 amide bonds. The van der Waals surface area contributed by atoms with E-state index in [1.807, 2.05) is 37.3 Å². The first-order valence-electron chi connectivity index (χ1n) is 5.95. The number of aryl methyl sites for hydroxylation is 1. The summed E-state index contributed by atoms with van der Waals surface area (Å²) in [5.41, 5.74) is 9.02. The van der Waals surface area contributed by atoms with Gasteiger partial charge in [-0.1, -0.05) is 45.8 Å². The molecule has 98 valence electrons. The van der Waals surface area contributed by atoms with Gasteiger partial charge in [-0.25, -0.2) is 0 Å². The molecule has 0 spiro atoms. The molecule has 4 heteroatoms. The van der Waals surface area contributed by atoms with Crippen molar-refractivity contribution in [3.8, 4) is 0 Å².